The zero-order chi connectivity index (χ0) is 24.1. The van der Waals surface area contributed by atoms with Crippen LogP contribution in [0, 0.1) is 3.57 Å². The van der Waals surface area contributed by atoms with Crippen molar-refractivity contribution in [3.8, 4) is 11.3 Å². The molecule has 0 fully saturated rings. The molecule has 0 saturated carbocycles. The van der Waals surface area contributed by atoms with Crippen LogP contribution in [0.3, 0.4) is 0 Å². The highest BCUT2D eigenvalue weighted by Crippen LogP contribution is 2.42. The van der Waals surface area contributed by atoms with Crippen LogP contribution in [0.4, 0.5) is 18.0 Å². The predicted octanol–water partition coefficient (Wildman–Crippen LogP) is 5.30. The highest BCUT2D eigenvalue weighted by molar-refractivity contribution is 14.1. The zero-order valence-corrected chi connectivity index (χ0v) is 20.5. The first-order valence-electron chi connectivity index (χ1n) is 9.35. The maximum Gasteiger partial charge on any atom is 0.419 e. The van der Waals surface area contributed by atoms with Crippen LogP contribution in [0.15, 0.2) is 35.6 Å². The van der Waals surface area contributed by atoms with Crippen molar-refractivity contribution < 1.29 is 31.1 Å². The van der Waals surface area contributed by atoms with Crippen molar-refractivity contribution in [3.05, 3.63) is 39.9 Å². The summed E-state index contributed by atoms with van der Waals surface area (Å²) in [7, 11) is -3.96. The van der Waals surface area contributed by atoms with Crippen LogP contribution in [0.25, 0.3) is 22.3 Å². The van der Waals surface area contributed by atoms with E-state index in [0.717, 1.165) is 4.57 Å². The lowest BCUT2D eigenvalue weighted by molar-refractivity contribution is -0.137. The molecule has 0 aliphatic heterocycles. The molecule has 0 saturated heterocycles. The lowest BCUT2D eigenvalue weighted by atomic mass is 10.0. The lowest BCUT2D eigenvalue weighted by Crippen LogP contribution is -2.27. The van der Waals surface area contributed by atoms with Crippen molar-refractivity contribution in [1.82, 2.24) is 14.5 Å². The standard InChI is InChI=1S/C20H19F3IN3O4S/c1-5-32(29,30)14-8-11(24)9-26-16(14)15-12(20(21,22)23)10-25-13-6-7-27(17(13)15)18(28)31-19(2,3)4/h6-10H,5H2,1-4H3. The van der Waals surface area contributed by atoms with Crippen LogP contribution in [-0.4, -0.2) is 40.4 Å². The maximum atomic E-state index is 14.0. The molecular formula is C20H19F3IN3O4S. The molecule has 7 nitrogen and oxygen atoms in total. The SMILES string of the molecule is CCS(=O)(=O)c1cc(I)cnc1-c1c(C(F)(F)F)cnc2ccn(C(=O)OC(C)(C)C)c12. The summed E-state index contributed by atoms with van der Waals surface area (Å²) < 4.78 is 74.2. The number of hydrogen-bond donors (Lipinski definition) is 0. The second kappa shape index (κ2) is 8.28. The van der Waals surface area contributed by atoms with E-state index in [1.54, 1.807) is 20.8 Å². The van der Waals surface area contributed by atoms with E-state index in [9.17, 15) is 26.4 Å². The van der Waals surface area contributed by atoms with Crippen molar-refractivity contribution in [2.75, 3.05) is 5.75 Å². The number of hydrogen-bond acceptors (Lipinski definition) is 6. The summed E-state index contributed by atoms with van der Waals surface area (Å²) in [6, 6.07) is 2.61. The Kier molecular flexibility index (Phi) is 6.32. The monoisotopic (exact) mass is 581 g/mol. The molecule has 32 heavy (non-hydrogen) atoms. The molecule has 172 valence electrons. The van der Waals surface area contributed by atoms with Gasteiger partial charge in [-0.05, 0) is 55.5 Å². The molecule has 0 aliphatic rings. The van der Waals surface area contributed by atoms with E-state index in [1.165, 1.54) is 31.5 Å². The molecule has 0 N–H and O–H groups in total. The molecule has 0 spiro atoms. The number of alkyl halides is 3. The average Bonchev–Trinajstić information content (AvgIpc) is 3.09. The molecule has 0 bridgehead atoms. The summed E-state index contributed by atoms with van der Waals surface area (Å²) in [6.45, 7) is 6.23. The quantitative estimate of drug-likeness (QED) is 0.390. The summed E-state index contributed by atoms with van der Waals surface area (Å²) in [5.74, 6) is -0.343. The zero-order valence-electron chi connectivity index (χ0n) is 17.5. The molecule has 3 heterocycles. The smallest absolute Gasteiger partial charge is 0.419 e. The minimum Gasteiger partial charge on any atom is -0.443 e. The molecule has 0 atom stereocenters. The van der Waals surface area contributed by atoms with Gasteiger partial charge in [0.05, 0.1) is 32.9 Å². The molecule has 0 amide bonds. The fraction of sp³-hybridized carbons (Fsp3) is 0.350. The summed E-state index contributed by atoms with van der Waals surface area (Å²) >= 11 is 1.83. The Morgan fingerprint density at radius 2 is 1.84 bits per heavy atom. The van der Waals surface area contributed by atoms with Crippen LogP contribution in [-0.2, 0) is 20.8 Å². The topological polar surface area (TPSA) is 91.1 Å². The molecule has 0 aromatic carbocycles. The number of ether oxygens (including phenoxy) is 1. The lowest BCUT2D eigenvalue weighted by Gasteiger charge is -2.21. The number of halogens is 4. The molecular weight excluding hydrogens is 562 g/mol. The van der Waals surface area contributed by atoms with Crippen LogP contribution < -0.4 is 0 Å². The van der Waals surface area contributed by atoms with E-state index in [1.807, 2.05) is 22.6 Å². The van der Waals surface area contributed by atoms with E-state index < -0.39 is 44.5 Å². The molecule has 0 aliphatic carbocycles. The van der Waals surface area contributed by atoms with Crippen LogP contribution in [0.1, 0.15) is 33.3 Å². The number of carbonyl (C=O) groups excluding carboxylic acids is 1. The number of aromatic nitrogens is 3. The molecule has 3 aromatic rings. The van der Waals surface area contributed by atoms with Gasteiger partial charge in [0.2, 0.25) is 0 Å². The van der Waals surface area contributed by atoms with Crippen molar-refractivity contribution in [1.29, 1.82) is 0 Å². The first kappa shape index (κ1) is 24.4. The highest BCUT2D eigenvalue weighted by atomic mass is 127. The molecule has 12 heteroatoms. The van der Waals surface area contributed by atoms with E-state index in [2.05, 4.69) is 9.97 Å². The van der Waals surface area contributed by atoms with Gasteiger partial charge >= 0.3 is 12.3 Å². The summed E-state index contributed by atoms with van der Waals surface area (Å²) in [5.41, 5.74) is -3.28. The van der Waals surface area contributed by atoms with Gasteiger partial charge in [-0.3, -0.25) is 14.5 Å². The number of nitrogens with zero attached hydrogens (tertiary/aromatic N) is 3. The van der Waals surface area contributed by atoms with Crippen molar-refractivity contribution in [2.24, 2.45) is 0 Å². The number of carbonyl (C=O) groups is 1. The van der Waals surface area contributed by atoms with Crippen LogP contribution in [0.2, 0.25) is 0 Å². The van der Waals surface area contributed by atoms with Crippen molar-refractivity contribution in [3.63, 3.8) is 0 Å². The number of rotatable bonds is 3. The van der Waals surface area contributed by atoms with Gasteiger partial charge < -0.3 is 4.74 Å². The van der Waals surface area contributed by atoms with Gasteiger partial charge in [0.25, 0.3) is 0 Å². The summed E-state index contributed by atoms with van der Waals surface area (Å²) in [4.78, 5) is 20.3. The average molecular weight is 581 g/mol. The minimum absolute atomic E-state index is 0.0547. The van der Waals surface area contributed by atoms with Gasteiger partial charge in [0.1, 0.15) is 5.60 Å². The first-order valence-corrected chi connectivity index (χ1v) is 12.1. The maximum absolute atomic E-state index is 14.0. The Hall–Kier alpha value is -2.22. The highest BCUT2D eigenvalue weighted by Gasteiger charge is 2.38. The van der Waals surface area contributed by atoms with Gasteiger partial charge in [-0.2, -0.15) is 13.2 Å². The molecule has 0 unspecified atom stereocenters. The Balaban J connectivity index is 2.48. The number of sulfone groups is 1. The van der Waals surface area contributed by atoms with Gasteiger partial charge in [0, 0.05) is 27.7 Å². The largest absolute Gasteiger partial charge is 0.443 e. The number of fused-ring (bicyclic) bond motifs is 1. The summed E-state index contributed by atoms with van der Waals surface area (Å²) in [5, 5.41) is 0. The fourth-order valence-electron chi connectivity index (χ4n) is 3.02. The summed E-state index contributed by atoms with van der Waals surface area (Å²) in [6.07, 6.45) is -2.72. The van der Waals surface area contributed by atoms with Crippen molar-refractivity contribution in [2.45, 2.75) is 44.4 Å². The number of pyridine rings is 2. The Morgan fingerprint density at radius 3 is 2.41 bits per heavy atom. The molecule has 3 rings (SSSR count). The third kappa shape index (κ3) is 4.75. The van der Waals surface area contributed by atoms with Gasteiger partial charge in [0.15, 0.2) is 9.84 Å². The van der Waals surface area contributed by atoms with Gasteiger partial charge in [-0.1, -0.05) is 6.92 Å². The van der Waals surface area contributed by atoms with Crippen LogP contribution in [0.5, 0.6) is 0 Å². The van der Waals surface area contributed by atoms with Gasteiger partial charge in [-0.25, -0.2) is 13.2 Å². The van der Waals surface area contributed by atoms with E-state index in [0.29, 0.717) is 9.77 Å². The van der Waals surface area contributed by atoms with Gasteiger partial charge in [-0.15, -0.1) is 0 Å². The van der Waals surface area contributed by atoms with E-state index in [4.69, 9.17) is 4.74 Å². The fourth-order valence-corrected chi connectivity index (χ4v) is 4.75. The second-order valence-corrected chi connectivity index (χ2v) is 11.3. The second-order valence-electron chi connectivity index (χ2n) is 7.85. The molecule has 3 aromatic heterocycles. The third-order valence-corrected chi connectivity index (χ3v) is 6.70. The normalized spacial score (nSPS) is 12.9. The molecule has 0 radical (unpaired) electrons. The third-order valence-electron chi connectivity index (χ3n) is 4.37. The predicted molar refractivity (Wildman–Crippen MR) is 120 cm³/mol. The van der Waals surface area contributed by atoms with E-state index in [-0.39, 0.29) is 21.7 Å². The Labute approximate surface area is 196 Å². The first-order chi connectivity index (χ1) is 14.7. The minimum atomic E-state index is -4.89. The Bertz CT molecular complexity index is 1310. The van der Waals surface area contributed by atoms with Crippen molar-refractivity contribution >= 4 is 49.6 Å². The van der Waals surface area contributed by atoms with Crippen LogP contribution >= 0.6 is 22.6 Å². The van der Waals surface area contributed by atoms with E-state index >= 15 is 0 Å². The Morgan fingerprint density at radius 1 is 1.19 bits per heavy atom.